The van der Waals surface area contributed by atoms with Gasteiger partial charge >= 0.3 is 0 Å². The average molecular weight is 325 g/mol. The molecule has 0 saturated carbocycles. The average Bonchev–Trinajstić information content (AvgIpc) is 3.03. The molecule has 2 heterocycles. The van der Waals surface area contributed by atoms with Crippen LogP contribution in [0.1, 0.15) is 5.69 Å². The third kappa shape index (κ3) is 4.04. The van der Waals surface area contributed by atoms with Crippen LogP contribution >= 0.6 is 0 Å². The van der Waals surface area contributed by atoms with E-state index in [0.29, 0.717) is 18.7 Å². The van der Waals surface area contributed by atoms with Gasteiger partial charge in [-0.3, -0.25) is 4.79 Å². The monoisotopic (exact) mass is 325 g/mol. The zero-order valence-electron chi connectivity index (χ0n) is 13.4. The molecule has 1 N–H and O–H groups in total. The number of benzene rings is 1. The van der Waals surface area contributed by atoms with Crippen molar-refractivity contribution in [1.29, 1.82) is 0 Å². The molecule has 0 fully saturated rings. The van der Waals surface area contributed by atoms with Crippen molar-refractivity contribution < 1.29 is 14.3 Å². The molecule has 0 spiro atoms. The Morgan fingerprint density at radius 2 is 1.96 bits per heavy atom. The highest BCUT2D eigenvalue weighted by molar-refractivity contribution is 5.77. The smallest absolute Gasteiger partial charge is 0.257 e. The van der Waals surface area contributed by atoms with Crippen LogP contribution in [-0.2, 0) is 11.2 Å². The second kappa shape index (κ2) is 7.50. The van der Waals surface area contributed by atoms with Gasteiger partial charge in [-0.2, -0.15) is 0 Å². The summed E-state index contributed by atoms with van der Waals surface area (Å²) in [6.07, 6.45) is 4.60. The Labute approximate surface area is 140 Å². The summed E-state index contributed by atoms with van der Waals surface area (Å²) in [5.74, 6) is 1.22. The number of hydrogen-bond acceptors (Lipinski definition) is 4. The van der Waals surface area contributed by atoms with E-state index in [1.165, 1.54) is 0 Å². The van der Waals surface area contributed by atoms with Crippen LogP contribution in [-0.4, -0.2) is 35.6 Å². The van der Waals surface area contributed by atoms with E-state index in [1.54, 1.807) is 31.4 Å². The van der Waals surface area contributed by atoms with Crippen molar-refractivity contribution in [1.82, 2.24) is 14.7 Å². The maximum atomic E-state index is 11.8. The number of imidazole rings is 1. The molecule has 0 radical (unpaired) electrons. The van der Waals surface area contributed by atoms with E-state index in [9.17, 15) is 4.79 Å². The van der Waals surface area contributed by atoms with Gasteiger partial charge in [-0.15, -0.1) is 0 Å². The molecular weight excluding hydrogens is 306 g/mol. The predicted octanol–water partition coefficient (Wildman–Crippen LogP) is 2.08. The summed E-state index contributed by atoms with van der Waals surface area (Å²) in [5, 5.41) is 2.83. The quantitative estimate of drug-likeness (QED) is 0.722. The van der Waals surface area contributed by atoms with Gasteiger partial charge in [0.05, 0.1) is 12.8 Å². The van der Waals surface area contributed by atoms with E-state index in [4.69, 9.17) is 9.47 Å². The summed E-state index contributed by atoms with van der Waals surface area (Å²) in [7, 11) is 1.60. The number of carbonyl (C=O) groups is 1. The third-order valence-corrected chi connectivity index (χ3v) is 3.55. The van der Waals surface area contributed by atoms with Crippen LogP contribution in [0.4, 0.5) is 0 Å². The molecule has 0 unspecified atom stereocenters. The Morgan fingerprint density at radius 3 is 2.71 bits per heavy atom. The molecule has 24 heavy (non-hydrogen) atoms. The number of aromatic nitrogens is 2. The van der Waals surface area contributed by atoms with E-state index in [-0.39, 0.29) is 12.5 Å². The molecule has 6 nitrogen and oxygen atoms in total. The fourth-order valence-corrected chi connectivity index (χ4v) is 2.31. The van der Waals surface area contributed by atoms with Crippen LogP contribution in [0.3, 0.4) is 0 Å². The van der Waals surface area contributed by atoms with E-state index >= 15 is 0 Å². The zero-order valence-corrected chi connectivity index (χ0v) is 13.4. The first-order valence-corrected chi connectivity index (χ1v) is 7.71. The van der Waals surface area contributed by atoms with Gasteiger partial charge in [-0.25, -0.2) is 4.98 Å². The maximum Gasteiger partial charge on any atom is 0.257 e. The molecule has 1 amide bonds. The highest BCUT2D eigenvalue weighted by Crippen LogP contribution is 2.16. The van der Waals surface area contributed by atoms with E-state index in [2.05, 4.69) is 10.3 Å². The fourth-order valence-electron chi connectivity index (χ4n) is 2.31. The number of ether oxygens (including phenoxy) is 2. The Kier molecular flexibility index (Phi) is 4.96. The molecule has 6 heteroatoms. The Morgan fingerprint density at radius 1 is 1.17 bits per heavy atom. The molecule has 2 aromatic heterocycles. The molecule has 0 bridgehead atoms. The van der Waals surface area contributed by atoms with Crippen molar-refractivity contribution in [3.05, 3.63) is 60.6 Å². The lowest BCUT2D eigenvalue weighted by atomic mass is 10.3. The number of rotatable bonds is 7. The number of nitrogens with one attached hydrogen (secondary N) is 1. The van der Waals surface area contributed by atoms with Crippen molar-refractivity contribution in [2.45, 2.75) is 6.42 Å². The van der Waals surface area contributed by atoms with Crippen molar-refractivity contribution >= 4 is 11.6 Å². The summed E-state index contributed by atoms with van der Waals surface area (Å²) < 4.78 is 12.5. The molecule has 0 aliphatic carbocycles. The third-order valence-electron chi connectivity index (χ3n) is 3.55. The lowest BCUT2D eigenvalue weighted by Crippen LogP contribution is -2.30. The Bertz CT molecular complexity index is 779. The van der Waals surface area contributed by atoms with Gasteiger partial charge in [-0.05, 0) is 36.4 Å². The summed E-state index contributed by atoms with van der Waals surface area (Å²) in [5.41, 5.74) is 1.85. The van der Waals surface area contributed by atoms with Gasteiger partial charge in [0.2, 0.25) is 0 Å². The summed E-state index contributed by atoms with van der Waals surface area (Å²) in [4.78, 5) is 16.3. The van der Waals surface area contributed by atoms with Gasteiger partial charge in [0.15, 0.2) is 6.61 Å². The van der Waals surface area contributed by atoms with Crippen molar-refractivity contribution in [3.8, 4) is 11.5 Å². The lowest BCUT2D eigenvalue weighted by Gasteiger charge is -2.07. The number of hydrogen-bond donors (Lipinski definition) is 1. The summed E-state index contributed by atoms with van der Waals surface area (Å²) in [6.45, 7) is 0.506. The topological polar surface area (TPSA) is 64.9 Å². The van der Waals surface area contributed by atoms with E-state index in [1.807, 2.05) is 35.0 Å². The van der Waals surface area contributed by atoms with Crippen LogP contribution in [0.5, 0.6) is 11.5 Å². The van der Waals surface area contributed by atoms with Crippen molar-refractivity contribution in [2.75, 3.05) is 20.3 Å². The summed E-state index contributed by atoms with van der Waals surface area (Å²) >= 11 is 0. The van der Waals surface area contributed by atoms with E-state index in [0.717, 1.165) is 17.1 Å². The van der Waals surface area contributed by atoms with Crippen LogP contribution in [0.15, 0.2) is 54.9 Å². The van der Waals surface area contributed by atoms with E-state index < -0.39 is 0 Å². The minimum absolute atomic E-state index is 0.0164. The van der Waals surface area contributed by atoms with Gasteiger partial charge in [-0.1, -0.05) is 6.07 Å². The lowest BCUT2D eigenvalue weighted by molar-refractivity contribution is -0.123. The van der Waals surface area contributed by atoms with Crippen LogP contribution in [0.2, 0.25) is 0 Å². The van der Waals surface area contributed by atoms with Crippen LogP contribution in [0, 0.1) is 0 Å². The number of fused-ring (bicyclic) bond motifs is 1. The molecular formula is C18H19N3O3. The zero-order chi connectivity index (χ0) is 16.8. The molecule has 0 saturated heterocycles. The van der Waals surface area contributed by atoms with Gasteiger partial charge < -0.3 is 19.2 Å². The number of methoxy groups -OCH3 is 1. The predicted molar refractivity (Wildman–Crippen MR) is 90.4 cm³/mol. The Balaban J connectivity index is 1.41. The Hall–Kier alpha value is -3.02. The molecule has 0 aliphatic heterocycles. The molecule has 124 valence electrons. The van der Waals surface area contributed by atoms with Crippen molar-refractivity contribution in [3.63, 3.8) is 0 Å². The molecule has 0 aliphatic rings. The first kappa shape index (κ1) is 15.9. The van der Waals surface area contributed by atoms with Crippen molar-refractivity contribution in [2.24, 2.45) is 0 Å². The van der Waals surface area contributed by atoms with Crippen LogP contribution < -0.4 is 14.8 Å². The molecule has 0 atom stereocenters. The first-order chi connectivity index (χ1) is 11.7. The largest absolute Gasteiger partial charge is 0.497 e. The normalized spacial score (nSPS) is 10.5. The van der Waals surface area contributed by atoms with Crippen LogP contribution in [0.25, 0.3) is 5.65 Å². The molecule has 3 rings (SSSR count). The summed E-state index contributed by atoms with van der Waals surface area (Å²) in [6, 6.07) is 13.0. The fraction of sp³-hybridized carbons (Fsp3) is 0.222. The minimum Gasteiger partial charge on any atom is -0.497 e. The van der Waals surface area contributed by atoms with Gasteiger partial charge in [0.1, 0.15) is 17.1 Å². The van der Waals surface area contributed by atoms with Gasteiger partial charge in [0.25, 0.3) is 5.91 Å². The molecule has 1 aromatic carbocycles. The number of nitrogens with zero attached hydrogens (tertiary/aromatic N) is 2. The number of amides is 1. The molecule has 3 aromatic rings. The second-order valence-electron chi connectivity index (χ2n) is 5.26. The second-order valence-corrected chi connectivity index (χ2v) is 5.26. The van der Waals surface area contributed by atoms with Gasteiger partial charge in [0, 0.05) is 25.4 Å². The standard InChI is InChI=1S/C18H19N3O3/c1-23-15-5-7-16(8-6-15)24-13-18(22)19-10-9-14-12-21-11-3-2-4-17(21)20-14/h2-8,11-12H,9-10,13H2,1H3,(H,19,22). The highest BCUT2D eigenvalue weighted by Gasteiger charge is 2.05. The maximum absolute atomic E-state index is 11.8. The number of pyridine rings is 1. The minimum atomic E-state index is -0.158. The SMILES string of the molecule is COc1ccc(OCC(=O)NCCc2cn3ccccc3n2)cc1. The first-order valence-electron chi connectivity index (χ1n) is 7.71. The highest BCUT2D eigenvalue weighted by atomic mass is 16.5. The number of carbonyl (C=O) groups excluding carboxylic acids is 1.